The van der Waals surface area contributed by atoms with E-state index in [2.05, 4.69) is 17.0 Å². The number of carbonyl (C=O) groups excluding carboxylic acids is 2. The first-order chi connectivity index (χ1) is 17.6. The highest BCUT2D eigenvalue weighted by Gasteiger charge is 2.56. The lowest BCUT2D eigenvalue weighted by Crippen LogP contribution is -2.61. The lowest BCUT2D eigenvalue weighted by molar-refractivity contribution is -0.134. The minimum atomic E-state index is -0.581. The molecule has 196 valence electrons. The van der Waals surface area contributed by atoms with Gasteiger partial charge in [0.05, 0.1) is 25.3 Å². The van der Waals surface area contributed by atoms with Crippen LogP contribution in [0.25, 0.3) is 10.9 Å². The molecule has 2 heterocycles. The molecule has 0 amide bonds. The summed E-state index contributed by atoms with van der Waals surface area (Å²) in [5, 5.41) is 0.997. The van der Waals surface area contributed by atoms with E-state index in [4.69, 9.17) is 14.2 Å². The molecule has 7 nitrogen and oxygen atoms in total. The Bertz CT molecular complexity index is 1350. The van der Waals surface area contributed by atoms with Crippen LogP contribution in [0.1, 0.15) is 73.1 Å². The summed E-state index contributed by atoms with van der Waals surface area (Å²) in [4.78, 5) is 27.4. The molecule has 2 fully saturated rings. The molecule has 2 aromatic carbocycles. The topological polar surface area (TPSA) is 70.0 Å². The van der Waals surface area contributed by atoms with Crippen molar-refractivity contribution in [1.82, 2.24) is 9.47 Å². The van der Waals surface area contributed by atoms with Gasteiger partial charge in [0.15, 0.2) is 0 Å². The third kappa shape index (κ3) is 4.39. The second kappa shape index (κ2) is 9.21. The number of carbonyl (C=O) groups is 2. The number of ether oxygens (including phenoxy) is 3. The molecule has 0 radical (unpaired) electrons. The Hall–Kier alpha value is -3.32. The maximum absolute atomic E-state index is 13.0. The van der Waals surface area contributed by atoms with Gasteiger partial charge in [-0.1, -0.05) is 18.6 Å². The van der Waals surface area contributed by atoms with Crippen molar-refractivity contribution >= 4 is 23.0 Å². The molecule has 1 unspecified atom stereocenters. The molecule has 5 rings (SSSR count). The van der Waals surface area contributed by atoms with Crippen LogP contribution < -0.4 is 4.74 Å². The first kappa shape index (κ1) is 25.3. The Morgan fingerprint density at radius 3 is 2.35 bits per heavy atom. The zero-order valence-electron chi connectivity index (χ0n) is 22.6. The third-order valence-electron chi connectivity index (χ3n) is 7.86. The molecule has 1 aromatic heterocycles. The smallest absolute Gasteiger partial charge is 0.419 e. The van der Waals surface area contributed by atoms with Gasteiger partial charge in [0, 0.05) is 41.7 Å². The number of aryl methyl sites for hydroxylation is 1. The number of benzene rings is 2. The number of nitrogens with zero attached hydrogens (tertiary/aromatic N) is 2. The van der Waals surface area contributed by atoms with Crippen LogP contribution >= 0.6 is 0 Å². The summed E-state index contributed by atoms with van der Waals surface area (Å²) < 4.78 is 18.0. The van der Waals surface area contributed by atoms with E-state index in [1.807, 2.05) is 52.0 Å². The summed E-state index contributed by atoms with van der Waals surface area (Å²) in [5.41, 5.74) is 4.35. The molecule has 7 heteroatoms. The van der Waals surface area contributed by atoms with Gasteiger partial charge < -0.3 is 14.2 Å². The van der Waals surface area contributed by atoms with Gasteiger partial charge in [0.25, 0.3) is 0 Å². The van der Waals surface area contributed by atoms with Crippen LogP contribution in [0.5, 0.6) is 5.75 Å². The summed E-state index contributed by atoms with van der Waals surface area (Å²) in [7, 11) is 3.10. The highest BCUT2D eigenvalue weighted by molar-refractivity contribution is 5.95. The fourth-order valence-electron chi connectivity index (χ4n) is 6.13. The van der Waals surface area contributed by atoms with Gasteiger partial charge in [-0.3, -0.25) is 9.47 Å². The molecule has 2 aliphatic rings. The quantitative estimate of drug-likeness (QED) is 0.382. The predicted octanol–water partition coefficient (Wildman–Crippen LogP) is 6.26. The molecular formula is C30H36N2O5. The van der Waals surface area contributed by atoms with E-state index in [1.54, 1.807) is 17.9 Å². The van der Waals surface area contributed by atoms with Crippen molar-refractivity contribution in [3.8, 4) is 5.75 Å². The predicted molar refractivity (Wildman–Crippen MR) is 142 cm³/mol. The van der Waals surface area contributed by atoms with Gasteiger partial charge in [-0.05, 0) is 75.9 Å². The summed E-state index contributed by atoms with van der Waals surface area (Å²) in [5.74, 6) is 0.498. The van der Waals surface area contributed by atoms with Crippen LogP contribution in [0.2, 0.25) is 0 Å². The van der Waals surface area contributed by atoms with Crippen LogP contribution in [-0.4, -0.2) is 47.9 Å². The molecule has 0 bridgehead atoms. The molecular weight excluding hydrogens is 468 g/mol. The average Bonchev–Trinajstić information content (AvgIpc) is 3.26. The number of likely N-dealkylation sites (tertiary alicyclic amines) is 1. The monoisotopic (exact) mass is 504 g/mol. The van der Waals surface area contributed by atoms with Crippen LogP contribution in [0.3, 0.4) is 0 Å². The number of hydrogen-bond acceptors (Lipinski definition) is 6. The average molecular weight is 505 g/mol. The van der Waals surface area contributed by atoms with Crippen LogP contribution in [0.15, 0.2) is 42.6 Å². The Morgan fingerprint density at radius 1 is 1.08 bits per heavy atom. The number of hydrogen-bond donors (Lipinski definition) is 0. The maximum Gasteiger partial charge on any atom is 0.419 e. The number of esters is 1. The first-order valence-corrected chi connectivity index (χ1v) is 12.9. The molecule has 3 aromatic rings. The summed E-state index contributed by atoms with van der Waals surface area (Å²) >= 11 is 0. The fraction of sp³-hybridized carbons (Fsp3) is 0.467. The van der Waals surface area contributed by atoms with Crippen LogP contribution in [0, 0.1) is 12.3 Å². The molecule has 1 atom stereocenters. The van der Waals surface area contributed by atoms with Gasteiger partial charge in [0.1, 0.15) is 11.4 Å². The molecule has 1 aliphatic carbocycles. The lowest BCUT2D eigenvalue weighted by atomic mass is 9.56. The van der Waals surface area contributed by atoms with Gasteiger partial charge in [-0.25, -0.2) is 9.59 Å². The highest BCUT2D eigenvalue weighted by atomic mass is 16.6. The Kier molecular flexibility index (Phi) is 6.31. The second-order valence-corrected chi connectivity index (χ2v) is 11.4. The number of fused-ring (bicyclic) bond motifs is 1. The van der Waals surface area contributed by atoms with Gasteiger partial charge in [0.2, 0.25) is 0 Å². The van der Waals surface area contributed by atoms with E-state index in [0.29, 0.717) is 12.1 Å². The van der Waals surface area contributed by atoms with E-state index in [1.165, 1.54) is 31.9 Å². The normalized spacial score (nSPS) is 18.8. The van der Waals surface area contributed by atoms with Gasteiger partial charge in [-0.2, -0.15) is 0 Å². The van der Waals surface area contributed by atoms with Gasteiger partial charge >= 0.3 is 12.1 Å². The SMILES string of the molecule is COC(=O)c1ccc(C2N(Cc3c(OC)cc(C)c4c3ccn4C(=O)OC(C)(C)C)CC23CCC3)cc1. The third-order valence-corrected chi connectivity index (χ3v) is 7.86. The zero-order valence-corrected chi connectivity index (χ0v) is 22.6. The number of methoxy groups -OCH3 is 2. The standard InChI is InChI=1S/C30H36N2O5/c1-19-16-24(35-5)23(22-12-15-32(25(19)22)28(34)37-29(2,3)4)17-31-18-30(13-7-14-30)26(31)20-8-10-21(11-9-20)27(33)36-6/h8-12,15-16,26H,7,13-14,17-18H2,1-6H3. The summed E-state index contributed by atoms with van der Waals surface area (Å²) in [6.45, 7) is 9.32. The lowest BCUT2D eigenvalue weighted by Gasteiger charge is -2.63. The van der Waals surface area contributed by atoms with Crippen molar-refractivity contribution < 1.29 is 23.8 Å². The maximum atomic E-state index is 13.0. The van der Waals surface area contributed by atoms with Crippen molar-refractivity contribution in [3.05, 3.63) is 64.8 Å². The zero-order chi connectivity index (χ0) is 26.5. The number of aromatic nitrogens is 1. The Balaban J connectivity index is 1.50. The Morgan fingerprint density at radius 2 is 1.78 bits per heavy atom. The first-order valence-electron chi connectivity index (χ1n) is 12.9. The van der Waals surface area contributed by atoms with Crippen molar-refractivity contribution in [2.75, 3.05) is 20.8 Å². The molecule has 1 saturated carbocycles. The van der Waals surface area contributed by atoms with E-state index in [-0.39, 0.29) is 23.5 Å². The van der Waals surface area contributed by atoms with Crippen molar-refractivity contribution in [2.45, 2.75) is 65.1 Å². The summed E-state index contributed by atoms with van der Waals surface area (Å²) in [6.07, 6.45) is 5.08. The van der Waals surface area contributed by atoms with Gasteiger partial charge in [-0.15, -0.1) is 0 Å². The molecule has 37 heavy (non-hydrogen) atoms. The van der Waals surface area contributed by atoms with E-state index in [0.717, 1.165) is 34.3 Å². The van der Waals surface area contributed by atoms with Crippen LogP contribution in [-0.2, 0) is 16.0 Å². The minimum Gasteiger partial charge on any atom is -0.496 e. The molecule has 1 spiro atoms. The molecule has 0 N–H and O–H groups in total. The Labute approximate surface area is 218 Å². The van der Waals surface area contributed by atoms with Crippen LogP contribution in [0.4, 0.5) is 4.79 Å². The number of rotatable bonds is 5. The second-order valence-electron chi connectivity index (χ2n) is 11.4. The fourth-order valence-corrected chi connectivity index (χ4v) is 6.13. The van der Waals surface area contributed by atoms with E-state index >= 15 is 0 Å². The minimum absolute atomic E-state index is 0.266. The largest absolute Gasteiger partial charge is 0.496 e. The summed E-state index contributed by atoms with van der Waals surface area (Å²) in [6, 6.07) is 12.1. The van der Waals surface area contributed by atoms with E-state index in [9.17, 15) is 9.59 Å². The molecule has 1 aliphatic heterocycles. The van der Waals surface area contributed by atoms with Crippen molar-refractivity contribution in [1.29, 1.82) is 0 Å². The van der Waals surface area contributed by atoms with Crippen molar-refractivity contribution in [3.63, 3.8) is 0 Å². The van der Waals surface area contributed by atoms with Crippen molar-refractivity contribution in [2.24, 2.45) is 5.41 Å². The highest BCUT2D eigenvalue weighted by Crippen LogP contribution is 2.61. The molecule has 1 saturated heterocycles. The van der Waals surface area contributed by atoms with E-state index < -0.39 is 5.60 Å².